The molecule has 0 amide bonds. The van der Waals surface area contributed by atoms with E-state index in [9.17, 15) is 0 Å². The Morgan fingerprint density at radius 3 is 3.00 bits per heavy atom. The van der Waals surface area contributed by atoms with Crippen LogP contribution in [0.5, 0.6) is 5.75 Å². The predicted octanol–water partition coefficient (Wildman–Crippen LogP) is 3.55. The number of nitrogens with two attached hydrogens (primary N) is 1. The molecule has 0 saturated carbocycles. The Morgan fingerprint density at radius 1 is 1.42 bits per heavy atom. The lowest BCUT2D eigenvalue weighted by molar-refractivity contribution is 0.181. The van der Waals surface area contributed by atoms with E-state index in [1.54, 1.807) is 7.11 Å². The van der Waals surface area contributed by atoms with Crippen LogP contribution >= 0.6 is 24.0 Å². The lowest BCUT2D eigenvalue weighted by Crippen LogP contribution is -2.35. The van der Waals surface area contributed by atoms with Crippen molar-refractivity contribution < 1.29 is 4.74 Å². The highest BCUT2D eigenvalue weighted by Crippen LogP contribution is 2.17. The van der Waals surface area contributed by atoms with Gasteiger partial charge in [0.15, 0.2) is 5.96 Å². The molecule has 136 valence electrons. The number of unbranched alkanes of at least 4 members (excludes halogenated alkanes) is 1. The van der Waals surface area contributed by atoms with Crippen LogP contribution in [-0.4, -0.2) is 44.1 Å². The normalized spacial score (nSPS) is 18.8. The first-order chi connectivity index (χ1) is 11.2. The number of likely N-dealkylation sites (tertiary alicyclic amines) is 1. The Bertz CT molecular complexity index is 510. The molecule has 3 N–H and O–H groups in total. The van der Waals surface area contributed by atoms with E-state index in [2.05, 4.69) is 22.1 Å². The van der Waals surface area contributed by atoms with Gasteiger partial charge in [0.1, 0.15) is 5.75 Å². The Balaban J connectivity index is 0.00000288. The quantitative estimate of drug-likeness (QED) is 0.291. The molecular weight excluding hydrogens is 415 g/mol. The maximum absolute atomic E-state index is 5.93. The van der Waals surface area contributed by atoms with Crippen LogP contribution in [0.1, 0.15) is 32.6 Å². The number of anilines is 1. The van der Waals surface area contributed by atoms with E-state index in [1.807, 2.05) is 24.3 Å². The van der Waals surface area contributed by atoms with Crippen molar-refractivity contribution in [2.75, 3.05) is 38.6 Å². The number of hydrogen-bond acceptors (Lipinski definition) is 3. The van der Waals surface area contributed by atoms with Gasteiger partial charge in [-0.1, -0.05) is 13.0 Å². The molecule has 5 nitrogen and oxygen atoms in total. The third-order valence-electron chi connectivity index (χ3n) is 4.25. The first-order valence-electron chi connectivity index (χ1n) is 8.60. The molecule has 0 spiro atoms. The largest absolute Gasteiger partial charge is 0.497 e. The molecule has 1 aliphatic rings. The lowest BCUT2D eigenvalue weighted by Gasteiger charge is -2.30. The van der Waals surface area contributed by atoms with Gasteiger partial charge in [-0.05, 0) is 56.8 Å². The summed E-state index contributed by atoms with van der Waals surface area (Å²) in [6, 6.07) is 7.68. The van der Waals surface area contributed by atoms with E-state index >= 15 is 0 Å². The minimum absolute atomic E-state index is 0. The minimum Gasteiger partial charge on any atom is -0.497 e. The van der Waals surface area contributed by atoms with Crippen molar-refractivity contribution in [1.82, 2.24) is 4.90 Å². The summed E-state index contributed by atoms with van der Waals surface area (Å²) in [6.45, 7) is 6.81. The van der Waals surface area contributed by atoms with Gasteiger partial charge in [0.2, 0.25) is 0 Å². The Labute approximate surface area is 163 Å². The maximum atomic E-state index is 5.93. The van der Waals surface area contributed by atoms with Crippen LogP contribution in [0.25, 0.3) is 0 Å². The third kappa shape index (κ3) is 7.70. The van der Waals surface area contributed by atoms with Gasteiger partial charge in [-0.3, -0.25) is 4.99 Å². The van der Waals surface area contributed by atoms with E-state index in [-0.39, 0.29) is 24.0 Å². The van der Waals surface area contributed by atoms with E-state index in [0.717, 1.165) is 30.3 Å². The summed E-state index contributed by atoms with van der Waals surface area (Å²) < 4.78 is 5.19. The van der Waals surface area contributed by atoms with E-state index < -0.39 is 0 Å². The highest BCUT2D eigenvalue weighted by molar-refractivity contribution is 14.0. The average Bonchev–Trinajstić information content (AvgIpc) is 2.55. The topological polar surface area (TPSA) is 62.9 Å². The van der Waals surface area contributed by atoms with Gasteiger partial charge in [0, 0.05) is 24.8 Å². The average molecular weight is 446 g/mol. The third-order valence-corrected chi connectivity index (χ3v) is 4.25. The van der Waals surface area contributed by atoms with Crippen LogP contribution in [0.2, 0.25) is 0 Å². The van der Waals surface area contributed by atoms with Crippen molar-refractivity contribution in [3.05, 3.63) is 24.3 Å². The van der Waals surface area contributed by atoms with E-state index in [0.29, 0.717) is 5.96 Å². The maximum Gasteiger partial charge on any atom is 0.193 e. The van der Waals surface area contributed by atoms with Gasteiger partial charge < -0.3 is 20.7 Å². The molecule has 1 aliphatic heterocycles. The minimum atomic E-state index is 0. The number of rotatable bonds is 7. The number of aliphatic imine (C=N–C) groups is 1. The molecule has 1 fully saturated rings. The molecule has 1 aromatic rings. The zero-order valence-corrected chi connectivity index (χ0v) is 17.2. The number of halogens is 1. The van der Waals surface area contributed by atoms with Crippen molar-refractivity contribution >= 4 is 35.6 Å². The fraction of sp³-hybridized carbons (Fsp3) is 0.611. The molecule has 1 heterocycles. The second-order valence-corrected chi connectivity index (χ2v) is 6.38. The predicted molar refractivity (Wildman–Crippen MR) is 113 cm³/mol. The molecule has 24 heavy (non-hydrogen) atoms. The fourth-order valence-corrected chi connectivity index (χ4v) is 3.02. The summed E-state index contributed by atoms with van der Waals surface area (Å²) in [4.78, 5) is 6.98. The van der Waals surface area contributed by atoms with Gasteiger partial charge in [0.05, 0.1) is 7.11 Å². The van der Waals surface area contributed by atoms with Crippen LogP contribution in [-0.2, 0) is 0 Å². The summed E-state index contributed by atoms with van der Waals surface area (Å²) in [5, 5.41) is 3.10. The molecule has 1 aromatic carbocycles. The molecule has 1 atom stereocenters. The Kier molecular flexibility index (Phi) is 10.1. The Morgan fingerprint density at radius 2 is 2.25 bits per heavy atom. The number of piperidine rings is 1. The van der Waals surface area contributed by atoms with Crippen LogP contribution in [0.4, 0.5) is 5.69 Å². The molecule has 0 aromatic heterocycles. The number of benzene rings is 1. The number of methoxy groups -OCH3 is 1. The Hall–Kier alpha value is -1.02. The fourth-order valence-electron chi connectivity index (χ4n) is 3.02. The SMILES string of the molecule is COc1cccc(NC(N)=NCCCCN2CCCC(C)C2)c1.I. The number of nitrogens with one attached hydrogen (secondary N) is 1. The molecule has 0 bridgehead atoms. The summed E-state index contributed by atoms with van der Waals surface area (Å²) in [5.41, 5.74) is 6.82. The molecule has 1 unspecified atom stereocenters. The summed E-state index contributed by atoms with van der Waals surface area (Å²) >= 11 is 0. The number of ether oxygens (including phenoxy) is 1. The van der Waals surface area contributed by atoms with Crippen LogP contribution in [0, 0.1) is 5.92 Å². The first kappa shape index (κ1) is 21.0. The van der Waals surface area contributed by atoms with Gasteiger partial charge >= 0.3 is 0 Å². The van der Waals surface area contributed by atoms with Crippen molar-refractivity contribution in [2.24, 2.45) is 16.6 Å². The molecule has 1 saturated heterocycles. The molecule has 2 rings (SSSR count). The monoisotopic (exact) mass is 446 g/mol. The highest BCUT2D eigenvalue weighted by atomic mass is 127. The number of hydrogen-bond donors (Lipinski definition) is 2. The van der Waals surface area contributed by atoms with Crippen molar-refractivity contribution in [3.8, 4) is 5.75 Å². The first-order valence-corrected chi connectivity index (χ1v) is 8.60. The van der Waals surface area contributed by atoms with Gasteiger partial charge in [0.25, 0.3) is 0 Å². The smallest absolute Gasteiger partial charge is 0.193 e. The zero-order chi connectivity index (χ0) is 16.5. The van der Waals surface area contributed by atoms with Crippen LogP contribution in [0.3, 0.4) is 0 Å². The number of nitrogens with zero attached hydrogens (tertiary/aromatic N) is 2. The summed E-state index contributed by atoms with van der Waals surface area (Å²) in [6.07, 6.45) is 4.98. The van der Waals surface area contributed by atoms with Crippen molar-refractivity contribution in [1.29, 1.82) is 0 Å². The second-order valence-electron chi connectivity index (χ2n) is 6.38. The number of guanidine groups is 1. The standard InChI is InChI=1S/C18H30N4O.HI/c1-15-7-6-12-22(14-15)11-4-3-10-20-18(19)21-16-8-5-9-17(13-16)23-2;/h5,8-9,13,15H,3-4,6-7,10-12,14H2,1-2H3,(H3,19,20,21);1H. The summed E-state index contributed by atoms with van der Waals surface area (Å²) in [5.74, 6) is 2.12. The molecule has 0 radical (unpaired) electrons. The molecule has 6 heteroatoms. The lowest BCUT2D eigenvalue weighted by atomic mass is 10.0. The summed E-state index contributed by atoms with van der Waals surface area (Å²) in [7, 11) is 1.65. The highest BCUT2D eigenvalue weighted by Gasteiger charge is 2.15. The second kappa shape index (κ2) is 11.5. The van der Waals surface area contributed by atoms with E-state index in [4.69, 9.17) is 10.5 Å². The van der Waals surface area contributed by atoms with Crippen LogP contribution < -0.4 is 15.8 Å². The van der Waals surface area contributed by atoms with Gasteiger partial charge in [-0.2, -0.15) is 0 Å². The van der Waals surface area contributed by atoms with Crippen molar-refractivity contribution in [2.45, 2.75) is 32.6 Å². The van der Waals surface area contributed by atoms with Crippen molar-refractivity contribution in [3.63, 3.8) is 0 Å². The van der Waals surface area contributed by atoms with Crippen LogP contribution in [0.15, 0.2) is 29.3 Å². The molecule has 0 aliphatic carbocycles. The van der Waals surface area contributed by atoms with E-state index in [1.165, 1.54) is 38.9 Å². The van der Waals surface area contributed by atoms with Gasteiger partial charge in [-0.15, -0.1) is 24.0 Å². The zero-order valence-electron chi connectivity index (χ0n) is 14.8. The van der Waals surface area contributed by atoms with Gasteiger partial charge in [-0.25, -0.2) is 0 Å². The molecular formula is C18H31IN4O.